The number of amides is 1. The molecule has 1 aliphatic rings. The van der Waals surface area contributed by atoms with Gasteiger partial charge in [0.2, 0.25) is 5.91 Å². The van der Waals surface area contributed by atoms with Gasteiger partial charge in [-0.3, -0.25) is 4.79 Å². The first kappa shape index (κ1) is 9.72. The molecule has 1 rings (SSSR count). The Bertz CT molecular complexity index is 123. The molecule has 0 spiro atoms. The van der Waals surface area contributed by atoms with E-state index in [9.17, 15) is 4.79 Å². The third-order valence-corrected chi connectivity index (χ3v) is 1.56. The van der Waals surface area contributed by atoms with E-state index in [1.165, 1.54) is 0 Å². The van der Waals surface area contributed by atoms with Crippen molar-refractivity contribution >= 4 is 18.3 Å². The van der Waals surface area contributed by atoms with E-state index in [0.717, 1.165) is 19.5 Å². The van der Waals surface area contributed by atoms with Gasteiger partial charge in [0.25, 0.3) is 0 Å². The Hall–Kier alpha value is -0.280. The molecule has 1 saturated heterocycles. The van der Waals surface area contributed by atoms with Crippen LogP contribution in [-0.2, 0) is 4.79 Å². The summed E-state index contributed by atoms with van der Waals surface area (Å²) in [4.78, 5) is 12.7. The van der Waals surface area contributed by atoms with E-state index in [1.54, 1.807) is 11.8 Å². The van der Waals surface area contributed by atoms with Crippen molar-refractivity contribution in [3.8, 4) is 0 Å². The molecule has 0 aromatic carbocycles. The smallest absolute Gasteiger partial charge is 0.239 e. The summed E-state index contributed by atoms with van der Waals surface area (Å²) in [6, 6.07) is -0.315. The highest BCUT2D eigenvalue weighted by atomic mass is 35.5. The number of hydrogen-bond donors (Lipinski definition) is 1. The fraction of sp³-hybridized carbons (Fsp3) is 0.833. The van der Waals surface area contributed by atoms with Crippen LogP contribution in [0.5, 0.6) is 0 Å². The normalized spacial score (nSPS) is 18.8. The second kappa shape index (κ2) is 3.78. The molecule has 0 aromatic rings. The highest BCUT2D eigenvalue weighted by Gasteiger charge is 2.22. The first-order valence-electron chi connectivity index (χ1n) is 3.26. The van der Waals surface area contributed by atoms with Crippen molar-refractivity contribution in [2.75, 3.05) is 13.1 Å². The second-order valence-corrected chi connectivity index (χ2v) is 2.47. The number of carbonyl (C=O) groups excluding carboxylic acids is 1. The van der Waals surface area contributed by atoms with Crippen LogP contribution in [0.15, 0.2) is 0 Å². The van der Waals surface area contributed by atoms with Crippen LogP contribution in [0.4, 0.5) is 0 Å². The van der Waals surface area contributed by atoms with Crippen LogP contribution in [0.2, 0.25) is 0 Å². The van der Waals surface area contributed by atoms with Crippen molar-refractivity contribution in [1.29, 1.82) is 0 Å². The molecule has 0 radical (unpaired) electrons. The molecule has 0 unspecified atom stereocenters. The van der Waals surface area contributed by atoms with Crippen LogP contribution in [-0.4, -0.2) is 29.9 Å². The predicted octanol–water partition coefficient (Wildman–Crippen LogP) is -0.0123. The van der Waals surface area contributed by atoms with Gasteiger partial charge in [0.05, 0.1) is 6.04 Å². The van der Waals surface area contributed by atoms with E-state index in [-0.39, 0.29) is 24.4 Å². The number of nitrogens with two attached hydrogens (primary N) is 1. The number of nitrogens with zero attached hydrogens (tertiary/aromatic N) is 1. The molecule has 1 heterocycles. The standard InChI is InChI=1S/C6H12N2O.ClH/c1-5(7)6(9)8-3-2-4-8;/h5H,2-4,7H2,1H3;1H/t5-;/m0./s1. The van der Waals surface area contributed by atoms with Crippen LogP contribution >= 0.6 is 12.4 Å². The van der Waals surface area contributed by atoms with E-state index < -0.39 is 0 Å². The SMILES string of the molecule is C[C@H](N)C(=O)N1CCC1.Cl. The zero-order valence-electron chi connectivity index (χ0n) is 6.04. The van der Waals surface area contributed by atoms with Crippen LogP contribution in [0.3, 0.4) is 0 Å². The molecule has 0 aliphatic carbocycles. The molecule has 60 valence electrons. The fourth-order valence-electron chi connectivity index (χ4n) is 0.825. The fourth-order valence-corrected chi connectivity index (χ4v) is 0.825. The van der Waals surface area contributed by atoms with Crippen LogP contribution in [0, 0.1) is 0 Å². The third kappa shape index (κ3) is 1.85. The van der Waals surface area contributed by atoms with Crippen LogP contribution < -0.4 is 5.73 Å². The van der Waals surface area contributed by atoms with Gasteiger partial charge in [-0.15, -0.1) is 12.4 Å². The minimum Gasteiger partial charge on any atom is -0.341 e. The molecule has 1 amide bonds. The second-order valence-electron chi connectivity index (χ2n) is 2.47. The zero-order chi connectivity index (χ0) is 6.85. The van der Waals surface area contributed by atoms with Gasteiger partial charge < -0.3 is 10.6 Å². The van der Waals surface area contributed by atoms with Crippen LogP contribution in [0.1, 0.15) is 13.3 Å². The average Bonchev–Trinajstić information content (AvgIpc) is 1.60. The van der Waals surface area contributed by atoms with Gasteiger partial charge in [-0.1, -0.05) is 0 Å². The van der Waals surface area contributed by atoms with Gasteiger partial charge >= 0.3 is 0 Å². The summed E-state index contributed by atoms with van der Waals surface area (Å²) in [7, 11) is 0. The number of carbonyl (C=O) groups is 1. The van der Waals surface area contributed by atoms with Gasteiger partial charge in [-0.2, -0.15) is 0 Å². The molecule has 3 nitrogen and oxygen atoms in total. The summed E-state index contributed by atoms with van der Waals surface area (Å²) in [6.45, 7) is 3.53. The zero-order valence-corrected chi connectivity index (χ0v) is 6.86. The summed E-state index contributed by atoms with van der Waals surface area (Å²) >= 11 is 0. The Morgan fingerprint density at radius 3 is 2.20 bits per heavy atom. The molecule has 0 bridgehead atoms. The van der Waals surface area contributed by atoms with E-state index in [4.69, 9.17) is 5.73 Å². The van der Waals surface area contributed by atoms with Crippen LogP contribution in [0.25, 0.3) is 0 Å². The third-order valence-electron chi connectivity index (χ3n) is 1.56. The highest BCUT2D eigenvalue weighted by Crippen LogP contribution is 2.06. The van der Waals surface area contributed by atoms with Gasteiger partial charge in [-0.05, 0) is 13.3 Å². The summed E-state index contributed by atoms with van der Waals surface area (Å²) in [5.41, 5.74) is 5.36. The topological polar surface area (TPSA) is 46.3 Å². The first-order valence-corrected chi connectivity index (χ1v) is 3.26. The molecule has 1 atom stereocenters. The summed E-state index contributed by atoms with van der Waals surface area (Å²) in [6.07, 6.45) is 1.14. The summed E-state index contributed by atoms with van der Waals surface area (Å²) in [5, 5.41) is 0. The summed E-state index contributed by atoms with van der Waals surface area (Å²) < 4.78 is 0. The van der Waals surface area contributed by atoms with Crippen molar-refractivity contribution < 1.29 is 4.79 Å². The predicted molar refractivity (Wildman–Crippen MR) is 42.1 cm³/mol. The van der Waals surface area contributed by atoms with E-state index >= 15 is 0 Å². The van der Waals surface area contributed by atoms with Gasteiger partial charge in [0.1, 0.15) is 0 Å². The lowest BCUT2D eigenvalue weighted by Gasteiger charge is -2.32. The minimum atomic E-state index is -0.315. The maximum absolute atomic E-state index is 10.9. The molecule has 4 heteroatoms. The number of likely N-dealkylation sites (tertiary alicyclic amines) is 1. The quantitative estimate of drug-likeness (QED) is 0.593. The maximum atomic E-state index is 10.9. The van der Waals surface area contributed by atoms with Crippen molar-refractivity contribution in [2.24, 2.45) is 5.73 Å². The molecule has 1 fully saturated rings. The van der Waals surface area contributed by atoms with Gasteiger partial charge in [0.15, 0.2) is 0 Å². The molecule has 10 heavy (non-hydrogen) atoms. The van der Waals surface area contributed by atoms with E-state index in [2.05, 4.69) is 0 Å². The molecular weight excluding hydrogens is 152 g/mol. The molecular formula is C6H13ClN2O. The molecule has 2 N–H and O–H groups in total. The van der Waals surface area contributed by atoms with Crippen molar-refractivity contribution in [3.05, 3.63) is 0 Å². The van der Waals surface area contributed by atoms with Crippen molar-refractivity contribution in [1.82, 2.24) is 4.90 Å². The van der Waals surface area contributed by atoms with Gasteiger partial charge in [-0.25, -0.2) is 0 Å². The Balaban J connectivity index is 0.000000810. The van der Waals surface area contributed by atoms with Gasteiger partial charge in [0, 0.05) is 13.1 Å². The highest BCUT2D eigenvalue weighted by molar-refractivity contribution is 5.85. The maximum Gasteiger partial charge on any atom is 0.239 e. The van der Waals surface area contributed by atoms with Crippen molar-refractivity contribution in [3.63, 3.8) is 0 Å². The van der Waals surface area contributed by atoms with E-state index in [0.29, 0.717) is 0 Å². The molecule has 0 aromatic heterocycles. The Morgan fingerprint density at radius 2 is 2.10 bits per heavy atom. The Labute approximate surface area is 67.0 Å². The van der Waals surface area contributed by atoms with Crippen molar-refractivity contribution in [2.45, 2.75) is 19.4 Å². The minimum absolute atomic E-state index is 0. The van der Waals surface area contributed by atoms with E-state index in [1.807, 2.05) is 0 Å². The lowest BCUT2D eigenvalue weighted by molar-refractivity contribution is -0.135. The summed E-state index contributed by atoms with van der Waals surface area (Å²) in [5.74, 6) is 0.0845. The Morgan fingerprint density at radius 1 is 1.60 bits per heavy atom. The lowest BCUT2D eigenvalue weighted by atomic mass is 10.2. The Kier molecular flexibility index (Phi) is 3.68. The lowest BCUT2D eigenvalue weighted by Crippen LogP contribution is -2.48. The molecule has 1 aliphatic heterocycles. The first-order chi connectivity index (χ1) is 4.22. The monoisotopic (exact) mass is 164 g/mol. The number of rotatable bonds is 1. The molecule has 0 saturated carbocycles. The number of halogens is 1. The average molecular weight is 165 g/mol. The largest absolute Gasteiger partial charge is 0.341 e. The number of hydrogen-bond acceptors (Lipinski definition) is 2.